The number of nitrogens with one attached hydrogen (secondary N) is 1. The summed E-state index contributed by atoms with van der Waals surface area (Å²) in [6, 6.07) is 0. The van der Waals surface area contributed by atoms with E-state index in [-0.39, 0.29) is 0 Å². The number of allylic oxidation sites excluding steroid dienone is 3. The second-order valence-corrected chi connectivity index (χ2v) is 10.4. The summed E-state index contributed by atoms with van der Waals surface area (Å²) in [4.78, 5) is 21.6. The summed E-state index contributed by atoms with van der Waals surface area (Å²) in [5.41, 5.74) is 10.2. The van der Waals surface area contributed by atoms with Crippen LogP contribution in [0, 0.1) is 22.7 Å². The van der Waals surface area contributed by atoms with E-state index in [0.717, 1.165) is 24.7 Å². The van der Waals surface area contributed by atoms with Gasteiger partial charge in [-0.15, -0.1) is 0 Å². The van der Waals surface area contributed by atoms with Gasteiger partial charge in [0.25, 0.3) is 0 Å². The van der Waals surface area contributed by atoms with Crippen molar-refractivity contribution in [2.24, 2.45) is 22.7 Å². The van der Waals surface area contributed by atoms with Crippen LogP contribution in [0.1, 0.15) is 73.1 Å². The Balaban J connectivity index is 1.72. The van der Waals surface area contributed by atoms with Crippen LogP contribution in [0.25, 0.3) is 0 Å². The van der Waals surface area contributed by atoms with Gasteiger partial charge >= 0.3 is 0 Å². The highest BCUT2D eigenvalue weighted by atomic mass is 16.1. The second-order valence-electron chi connectivity index (χ2n) is 10.4. The first-order valence-electron chi connectivity index (χ1n) is 12.0. The van der Waals surface area contributed by atoms with Gasteiger partial charge in [-0.2, -0.15) is 0 Å². The molecule has 0 radical (unpaired) electrons. The van der Waals surface area contributed by atoms with Crippen molar-refractivity contribution >= 4 is 23.7 Å². The number of nitrogens with two attached hydrogens (primary N) is 1. The van der Waals surface area contributed by atoms with E-state index in [2.05, 4.69) is 62.1 Å². The number of hydrogen-bond donors (Lipinski definition) is 2. The van der Waals surface area contributed by atoms with Crippen LogP contribution in [0.3, 0.4) is 0 Å². The van der Waals surface area contributed by atoms with Gasteiger partial charge in [-0.05, 0) is 75.0 Å². The Morgan fingerprint density at radius 2 is 2.09 bits per heavy atom. The molecular formula is C26H41N5O. The van der Waals surface area contributed by atoms with Gasteiger partial charge in [0.1, 0.15) is 12.0 Å². The van der Waals surface area contributed by atoms with Crippen molar-refractivity contribution in [3.63, 3.8) is 0 Å². The smallest absolute Gasteiger partial charge is 0.214 e. The lowest BCUT2D eigenvalue weighted by Gasteiger charge is -2.58. The van der Waals surface area contributed by atoms with Crippen molar-refractivity contribution < 1.29 is 4.79 Å². The topological polar surface area (TPSA) is 84.1 Å². The second kappa shape index (κ2) is 9.63. The highest BCUT2D eigenvalue weighted by molar-refractivity contribution is 5.88. The molecule has 2 aliphatic carbocycles. The SMILES string of the molecule is CNc1ncnc(N)c1N(C=O)C/C=C(\C)CC[C@@]1(C)[C@H](C)CC[C@@]2(C)C(C)=CCC[C@H]12. The maximum absolute atomic E-state index is 11.8. The number of aromatic nitrogens is 2. The van der Waals surface area contributed by atoms with E-state index >= 15 is 0 Å². The number of hydrogen-bond acceptors (Lipinski definition) is 5. The molecule has 0 saturated heterocycles. The van der Waals surface area contributed by atoms with Crippen LogP contribution < -0.4 is 16.0 Å². The maximum Gasteiger partial charge on any atom is 0.214 e. The number of carbonyl (C=O) groups is 1. The average molecular weight is 440 g/mol. The Bertz CT molecular complexity index is 894. The molecule has 1 aromatic heterocycles. The number of carbonyl (C=O) groups excluding carboxylic acids is 1. The minimum atomic E-state index is 0.297. The summed E-state index contributed by atoms with van der Waals surface area (Å²) in [7, 11) is 1.76. The molecule has 6 nitrogen and oxygen atoms in total. The third-order valence-electron chi connectivity index (χ3n) is 8.79. The van der Waals surface area contributed by atoms with E-state index in [0.29, 0.717) is 34.7 Å². The number of nitrogen functional groups attached to an aromatic ring is 1. The normalized spacial score (nSPS) is 30.3. The Labute approximate surface area is 193 Å². The molecule has 1 amide bonds. The third-order valence-corrected chi connectivity index (χ3v) is 8.79. The van der Waals surface area contributed by atoms with Crippen molar-refractivity contribution in [3.05, 3.63) is 29.6 Å². The zero-order valence-corrected chi connectivity index (χ0v) is 20.7. The van der Waals surface area contributed by atoms with E-state index in [4.69, 9.17) is 5.73 Å². The minimum absolute atomic E-state index is 0.297. The van der Waals surface area contributed by atoms with Crippen LogP contribution >= 0.6 is 0 Å². The minimum Gasteiger partial charge on any atom is -0.382 e. The Hall–Kier alpha value is -2.37. The quantitative estimate of drug-likeness (QED) is 0.407. The Morgan fingerprint density at radius 3 is 2.78 bits per heavy atom. The monoisotopic (exact) mass is 439 g/mol. The van der Waals surface area contributed by atoms with Crippen molar-refractivity contribution in [3.8, 4) is 0 Å². The lowest BCUT2D eigenvalue weighted by Crippen LogP contribution is -2.49. The molecule has 0 aliphatic heterocycles. The molecule has 1 aromatic rings. The Morgan fingerprint density at radius 1 is 1.34 bits per heavy atom. The zero-order chi connectivity index (χ0) is 23.5. The van der Waals surface area contributed by atoms with Crippen LogP contribution in [0.4, 0.5) is 17.3 Å². The molecule has 3 N–H and O–H groups in total. The summed E-state index contributed by atoms with van der Waals surface area (Å²) in [6.45, 7) is 12.5. The van der Waals surface area contributed by atoms with Crippen molar-refractivity contribution in [2.45, 2.75) is 73.1 Å². The summed E-state index contributed by atoms with van der Waals surface area (Å²) in [5.74, 6) is 2.32. The van der Waals surface area contributed by atoms with E-state index in [9.17, 15) is 4.79 Å². The lowest BCUT2D eigenvalue weighted by atomic mass is 9.47. The fourth-order valence-corrected chi connectivity index (χ4v) is 6.20. The van der Waals surface area contributed by atoms with Crippen LogP contribution in [-0.2, 0) is 4.79 Å². The largest absolute Gasteiger partial charge is 0.382 e. The van der Waals surface area contributed by atoms with Gasteiger partial charge in [0.05, 0.1) is 0 Å². The lowest BCUT2D eigenvalue weighted by molar-refractivity contribution is -0.107. The summed E-state index contributed by atoms with van der Waals surface area (Å²) in [5, 5.41) is 2.99. The van der Waals surface area contributed by atoms with E-state index < -0.39 is 0 Å². The predicted molar refractivity (Wildman–Crippen MR) is 133 cm³/mol. The molecule has 1 saturated carbocycles. The average Bonchev–Trinajstić information content (AvgIpc) is 2.78. The van der Waals surface area contributed by atoms with Gasteiger partial charge in [-0.25, -0.2) is 9.97 Å². The molecule has 176 valence electrons. The first-order valence-corrected chi connectivity index (χ1v) is 12.0. The maximum atomic E-state index is 11.8. The zero-order valence-electron chi connectivity index (χ0n) is 20.7. The van der Waals surface area contributed by atoms with Crippen molar-refractivity contribution in [2.75, 3.05) is 29.5 Å². The fourth-order valence-electron chi connectivity index (χ4n) is 6.20. The predicted octanol–water partition coefficient (Wildman–Crippen LogP) is 5.59. The molecule has 1 heterocycles. The van der Waals surface area contributed by atoms with Crippen LogP contribution in [0.5, 0.6) is 0 Å². The molecule has 0 aromatic carbocycles. The van der Waals surface area contributed by atoms with Gasteiger partial charge in [0.2, 0.25) is 6.41 Å². The molecule has 3 rings (SSSR count). The fraction of sp³-hybridized carbons (Fsp3) is 0.654. The van der Waals surface area contributed by atoms with Crippen molar-refractivity contribution in [1.82, 2.24) is 9.97 Å². The van der Waals surface area contributed by atoms with Gasteiger partial charge in [0.15, 0.2) is 11.6 Å². The Kier molecular flexibility index (Phi) is 7.31. The molecule has 2 aliphatic rings. The van der Waals surface area contributed by atoms with E-state index in [1.165, 1.54) is 44.0 Å². The molecule has 6 heteroatoms. The molecule has 1 fully saturated rings. The molecule has 32 heavy (non-hydrogen) atoms. The molecular weight excluding hydrogens is 398 g/mol. The number of nitrogens with zero attached hydrogens (tertiary/aromatic N) is 3. The van der Waals surface area contributed by atoms with E-state index in [1.807, 2.05) is 0 Å². The highest BCUT2D eigenvalue weighted by Crippen LogP contribution is 2.61. The summed E-state index contributed by atoms with van der Waals surface area (Å²) < 4.78 is 0. The van der Waals surface area contributed by atoms with Crippen molar-refractivity contribution in [1.29, 1.82) is 0 Å². The molecule has 4 atom stereocenters. The van der Waals surface area contributed by atoms with Gasteiger partial charge in [-0.1, -0.05) is 44.1 Å². The number of amides is 1. The van der Waals surface area contributed by atoms with Crippen LogP contribution in [0.2, 0.25) is 0 Å². The van der Waals surface area contributed by atoms with E-state index in [1.54, 1.807) is 17.5 Å². The summed E-state index contributed by atoms with van der Waals surface area (Å²) >= 11 is 0. The summed E-state index contributed by atoms with van der Waals surface area (Å²) in [6.07, 6.45) is 14.2. The number of rotatable bonds is 8. The number of fused-ring (bicyclic) bond motifs is 1. The molecule has 0 spiro atoms. The van der Waals surface area contributed by atoms with Gasteiger partial charge in [-0.3, -0.25) is 4.79 Å². The molecule has 0 bridgehead atoms. The number of anilines is 3. The third kappa shape index (κ3) is 4.41. The first-order chi connectivity index (χ1) is 15.2. The van der Waals surface area contributed by atoms with Crippen LogP contribution in [-0.4, -0.2) is 30.0 Å². The van der Waals surface area contributed by atoms with Gasteiger partial charge in [0, 0.05) is 13.6 Å². The standard InChI is InChI=1S/C26H41N5O/c1-18(12-15-31(17-32)22-23(27)29-16-30-24(22)28-6)10-13-25(4)20(3)11-14-26(5)19(2)8-7-9-21(25)26/h8,12,16-17,20-21H,7,9-11,13-15H2,1-6H3,(H3,27,28,29,30)/b18-12+/t20-,21-,25+,26+/m1/s1. The first kappa shape index (κ1) is 24.3. The van der Waals surface area contributed by atoms with Gasteiger partial charge < -0.3 is 16.0 Å². The highest BCUT2D eigenvalue weighted by Gasteiger charge is 2.52. The molecule has 0 unspecified atom stereocenters. The van der Waals surface area contributed by atoms with Crippen LogP contribution in [0.15, 0.2) is 29.6 Å².